The Hall–Kier alpha value is -4.93. The fourth-order valence-electron chi connectivity index (χ4n) is 5.11. The number of rotatable bonds is 12. The third-order valence-corrected chi connectivity index (χ3v) is 13.0. The van der Waals surface area contributed by atoms with E-state index in [-0.39, 0.29) is 71.1 Å². The van der Waals surface area contributed by atoms with Crippen LogP contribution in [0.2, 0.25) is 20.1 Å². The van der Waals surface area contributed by atoms with Crippen molar-refractivity contribution in [3.8, 4) is 40.4 Å². The molecule has 0 spiro atoms. The van der Waals surface area contributed by atoms with E-state index >= 15 is 0 Å². The largest absolute Gasteiger partial charge is 0.505 e. The van der Waals surface area contributed by atoms with Crippen molar-refractivity contribution in [1.29, 1.82) is 0 Å². The summed E-state index contributed by atoms with van der Waals surface area (Å²) < 4.78 is 112. The van der Waals surface area contributed by atoms with Crippen LogP contribution in [0.25, 0.3) is 11.4 Å². The highest BCUT2D eigenvalue weighted by Gasteiger charge is 2.24. The number of H-pyrrole nitrogens is 2. The number of hydrogen-bond acceptors (Lipinski definition) is 15. The summed E-state index contributed by atoms with van der Waals surface area (Å²) in [6, 6.07) is 6.66. The van der Waals surface area contributed by atoms with Gasteiger partial charge in [-0.1, -0.05) is 60.3 Å². The van der Waals surface area contributed by atoms with Crippen LogP contribution in [0.5, 0.6) is 29.0 Å². The predicted molar refractivity (Wildman–Crippen MR) is 245 cm³/mol. The number of alkyl halides is 4. The third kappa shape index (κ3) is 13.6. The van der Waals surface area contributed by atoms with Gasteiger partial charge in [0.2, 0.25) is 11.8 Å². The molecule has 0 aliphatic heterocycles. The molecule has 19 nitrogen and oxygen atoms in total. The molecule has 0 atom stereocenters. The number of hydrogen-bond donors (Lipinski definition) is 3. The molecule has 0 fully saturated rings. The maximum absolute atomic E-state index is 13.0. The summed E-state index contributed by atoms with van der Waals surface area (Å²) in [6.45, 7) is 4.46. The van der Waals surface area contributed by atoms with Gasteiger partial charge in [-0.3, -0.25) is 19.6 Å². The highest BCUT2D eigenvalue weighted by Crippen LogP contribution is 2.40. The van der Waals surface area contributed by atoms with Crippen LogP contribution in [-0.4, -0.2) is 77.9 Å². The first kappa shape index (κ1) is 55.7. The topological polar surface area (TPSA) is 268 Å². The summed E-state index contributed by atoms with van der Waals surface area (Å²) in [4.78, 5) is 57.0. The number of ether oxygens (including phenoxy) is 2. The van der Waals surface area contributed by atoms with Crippen LogP contribution >= 0.6 is 80.8 Å². The van der Waals surface area contributed by atoms with Gasteiger partial charge in [-0.15, -0.1) is 0 Å². The zero-order chi connectivity index (χ0) is 51.2. The van der Waals surface area contributed by atoms with Crippen LogP contribution in [0, 0.1) is 6.92 Å². The highest BCUT2D eigenvalue weighted by atomic mass is 35.6. The number of nitrogens with one attached hydrogen (secondary N) is 2. The Balaban J connectivity index is 0.000000275. The van der Waals surface area contributed by atoms with Crippen molar-refractivity contribution >= 4 is 105 Å². The molecule has 364 valence electrons. The summed E-state index contributed by atoms with van der Waals surface area (Å²) in [5, 5.41) is 15.7. The number of nitrogens with zero attached hydrogens (tertiary/aromatic N) is 6. The Morgan fingerprint density at radius 2 is 0.985 bits per heavy atom. The number of halogens is 11. The van der Waals surface area contributed by atoms with Crippen molar-refractivity contribution < 1.29 is 49.0 Å². The van der Waals surface area contributed by atoms with Crippen molar-refractivity contribution in [3.05, 3.63) is 128 Å². The number of aromatic amines is 2. The quantitative estimate of drug-likeness (QED) is 0.0774. The van der Waals surface area contributed by atoms with Crippen molar-refractivity contribution in [2.75, 3.05) is 11.5 Å². The SMILES string of the molecule is CCS(=O)(=O)c1cc(Oc2c(Cl)cc(-n3nc(C(F)F)c(=O)[nH]c3=O)cc2Cl)ncc1C.CCS(=O)(=O)c1cc(Oc2c(Cl)cc(-n3nc(C(F)F)c(=O)[nH]c3=O)cc2Cl)ncc1O.ClB(Cl)Cl. The molecule has 0 radical (unpaired) electrons. The highest BCUT2D eigenvalue weighted by molar-refractivity contribution is 7.91. The van der Waals surface area contributed by atoms with E-state index in [9.17, 15) is 58.7 Å². The van der Waals surface area contributed by atoms with Crippen molar-refractivity contribution in [3.63, 3.8) is 0 Å². The van der Waals surface area contributed by atoms with Gasteiger partial charge in [0.25, 0.3) is 24.0 Å². The molecule has 68 heavy (non-hydrogen) atoms. The van der Waals surface area contributed by atoms with Crippen LogP contribution in [0.1, 0.15) is 43.6 Å². The van der Waals surface area contributed by atoms with Crippen LogP contribution in [-0.2, 0) is 19.7 Å². The molecule has 0 bridgehead atoms. The Labute approximate surface area is 414 Å². The lowest BCUT2D eigenvalue weighted by atomic mass is 10.3. The standard InChI is InChI=1S/C18H14Cl2F2N4O5S.C17H12Cl2F2N4O6S.BCl3/c1-3-32(29,30)12-6-13(23-7-8(12)2)31-15-10(19)4-9(5-11(15)20)26-18(28)24-17(27)14(25-26)16(21)22;1-2-32(29,30)11-5-12(22-6-10(11)26)31-14-8(18)3-7(4-9(14)19)25-17(28)23-16(27)13(24-25)15(20)21;2-1(3)4/h4-7,16H,3H2,1-2H3,(H,24,27,28);3-6,15,26H,2H2,1H3,(H,23,27,28);. The summed E-state index contributed by atoms with van der Waals surface area (Å²) >= 11 is 39.1. The van der Waals surface area contributed by atoms with Crippen molar-refractivity contribution in [1.82, 2.24) is 39.5 Å². The number of aryl methyl sites for hydroxylation is 1. The first-order chi connectivity index (χ1) is 31.6. The Morgan fingerprint density at radius 1 is 0.647 bits per heavy atom. The van der Waals surface area contributed by atoms with E-state index in [0.717, 1.165) is 36.5 Å². The molecule has 3 N–H and O–H groups in total. The zero-order valence-corrected chi connectivity index (χ0v) is 40.9. The summed E-state index contributed by atoms with van der Waals surface area (Å²) in [5.41, 5.74) is -7.07. The molecule has 4 aromatic heterocycles. The lowest BCUT2D eigenvalue weighted by molar-refractivity contribution is 0.141. The monoisotopic (exact) mass is 1130 g/mol. The van der Waals surface area contributed by atoms with Gasteiger partial charge in [-0.2, -0.15) is 53.9 Å². The number of aromatic nitrogens is 8. The van der Waals surface area contributed by atoms with Gasteiger partial charge in [0.15, 0.2) is 48.3 Å². The minimum Gasteiger partial charge on any atom is -0.505 e. The van der Waals surface area contributed by atoms with Gasteiger partial charge >= 0.3 is 16.3 Å². The predicted octanol–water partition coefficient (Wildman–Crippen LogP) is 7.99. The average Bonchev–Trinajstić information content (AvgIpc) is 3.24. The van der Waals surface area contributed by atoms with Gasteiger partial charge in [0.05, 0.1) is 54.1 Å². The van der Waals surface area contributed by atoms with E-state index in [1.807, 2.05) is 0 Å². The van der Waals surface area contributed by atoms with Crippen molar-refractivity contribution in [2.24, 2.45) is 0 Å². The molecule has 2 aromatic carbocycles. The third-order valence-electron chi connectivity index (χ3n) is 8.27. The zero-order valence-electron chi connectivity index (χ0n) is 34.0. The number of pyridine rings is 2. The van der Waals surface area contributed by atoms with Crippen LogP contribution < -0.4 is 32.0 Å². The summed E-state index contributed by atoms with van der Waals surface area (Å²) in [7, 11) is -7.35. The molecule has 6 aromatic rings. The lowest BCUT2D eigenvalue weighted by Gasteiger charge is -2.13. The minimum atomic E-state index is -3.80. The second-order valence-electron chi connectivity index (χ2n) is 12.7. The minimum absolute atomic E-state index is 0.0254. The maximum Gasteiger partial charge on any atom is 0.450 e. The van der Waals surface area contributed by atoms with Crippen LogP contribution in [0.4, 0.5) is 17.6 Å². The van der Waals surface area contributed by atoms with Crippen LogP contribution in [0.15, 0.2) is 77.8 Å². The molecule has 0 saturated carbocycles. The van der Waals surface area contributed by atoms with E-state index in [1.165, 1.54) is 26.1 Å². The van der Waals surface area contributed by atoms with Crippen molar-refractivity contribution in [2.45, 2.75) is 43.4 Å². The number of benzene rings is 2. The van der Waals surface area contributed by atoms with Crippen LogP contribution in [0.3, 0.4) is 0 Å². The molecule has 0 saturated heterocycles. The van der Waals surface area contributed by atoms with Gasteiger partial charge in [0, 0.05) is 18.3 Å². The second-order valence-corrected chi connectivity index (χ2v) is 20.8. The summed E-state index contributed by atoms with van der Waals surface area (Å²) in [6.07, 6.45) is -4.29. The molecule has 4 heterocycles. The number of sulfone groups is 2. The van der Waals surface area contributed by atoms with E-state index in [0.29, 0.717) is 14.9 Å². The first-order valence-electron chi connectivity index (χ1n) is 18.0. The molecule has 0 unspecified atom stereocenters. The molecule has 33 heteroatoms. The maximum atomic E-state index is 13.0. The molecule has 0 amide bonds. The van der Waals surface area contributed by atoms with Gasteiger partial charge in [-0.25, -0.2) is 54.0 Å². The smallest absolute Gasteiger partial charge is 0.450 e. The average molecular weight is 1130 g/mol. The Morgan fingerprint density at radius 3 is 1.34 bits per heavy atom. The lowest BCUT2D eigenvalue weighted by Crippen LogP contribution is -2.34. The van der Waals surface area contributed by atoms with E-state index in [2.05, 4.69) is 20.2 Å². The second kappa shape index (κ2) is 23.1. The van der Waals surface area contributed by atoms with Gasteiger partial charge in [-0.05, 0) is 36.8 Å². The van der Waals surface area contributed by atoms with E-state index in [4.69, 9.17) is 90.3 Å². The molecular weight excluding hydrogens is 1110 g/mol. The fourth-order valence-corrected chi connectivity index (χ4v) is 8.31. The van der Waals surface area contributed by atoms with Gasteiger partial charge < -0.3 is 14.6 Å². The van der Waals surface area contributed by atoms with E-state index in [1.54, 1.807) is 16.9 Å². The first-order valence-corrected chi connectivity index (χ1v) is 24.2. The Bertz CT molecular complexity index is 3090. The number of aromatic hydroxyl groups is 1. The van der Waals surface area contributed by atoms with Gasteiger partial charge in [0.1, 0.15) is 4.90 Å². The Kier molecular flexibility index (Phi) is 18.9. The molecule has 0 aliphatic carbocycles. The van der Waals surface area contributed by atoms with E-state index < -0.39 is 82.0 Å². The molecular formula is C35H26BCl7F4N8O11S2. The fraction of sp³-hybridized carbons (Fsp3) is 0.200. The molecule has 0 aliphatic rings. The normalized spacial score (nSPS) is 11.4. The molecule has 6 rings (SSSR count). The summed E-state index contributed by atoms with van der Waals surface area (Å²) in [5.74, 6) is -1.72.